The van der Waals surface area contributed by atoms with E-state index in [1.54, 1.807) is 24.3 Å². The molecule has 7 nitrogen and oxygen atoms in total. The van der Waals surface area contributed by atoms with Crippen molar-refractivity contribution in [1.29, 1.82) is 0 Å². The highest BCUT2D eigenvalue weighted by Gasteiger charge is 2.34. The van der Waals surface area contributed by atoms with Gasteiger partial charge in [0.1, 0.15) is 0 Å². The summed E-state index contributed by atoms with van der Waals surface area (Å²) in [7, 11) is 0. The lowest BCUT2D eigenvalue weighted by Crippen LogP contribution is -2.31. The van der Waals surface area contributed by atoms with Crippen molar-refractivity contribution in [3.63, 3.8) is 0 Å². The van der Waals surface area contributed by atoms with Crippen LogP contribution in [-0.2, 0) is 6.42 Å². The number of hydrogen-bond donors (Lipinski definition) is 1. The summed E-state index contributed by atoms with van der Waals surface area (Å²) in [6.07, 6.45) is 0.938. The minimum atomic E-state index is -0.610. The molecule has 0 radical (unpaired) electrons. The van der Waals surface area contributed by atoms with Gasteiger partial charge in [0.2, 0.25) is 0 Å². The number of amides is 2. The average Bonchev–Trinajstić information content (AvgIpc) is 2.97. The molecule has 7 heteroatoms. The summed E-state index contributed by atoms with van der Waals surface area (Å²) < 4.78 is 4.37. The molecule has 0 spiro atoms. The molecule has 2 heterocycles. The highest BCUT2D eigenvalue weighted by atomic mass is 16.5. The van der Waals surface area contributed by atoms with E-state index in [0.29, 0.717) is 29.8 Å². The molecule has 1 aromatic carbocycles. The van der Waals surface area contributed by atoms with Crippen molar-refractivity contribution in [3.05, 3.63) is 51.8 Å². The first kappa shape index (κ1) is 12.3. The number of rotatable bonds is 4. The topological polar surface area (TPSA) is 96.3 Å². The Morgan fingerprint density at radius 1 is 1.10 bits per heavy atom. The molecule has 0 atom stereocenters. The predicted molar refractivity (Wildman–Crippen MR) is 67.3 cm³/mol. The molecule has 1 aliphatic rings. The molecule has 3 rings (SSSR count). The number of aryl methyl sites for hydroxylation is 1. The summed E-state index contributed by atoms with van der Waals surface area (Å²) in [5.74, 6) is -0.758. The second-order valence-electron chi connectivity index (χ2n) is 4.45. The first-order valence-corrected chi connectivity index (χ1v) is 6.17. The van der Waals surface area contributed by atoms with Crippen LogP contribution in [0.2, 0.25) is 0 Å². The molecule has 1 aliphatic heterocycles. The van der Waals surface area contributed by atoms with E-state index in [1.165, 1.54) is 4.90 Å². The minimum Gasteiger partial charge on any atom is -0.296 e. The van der Waals surface area contributed by atoms with Crippen LogP contribution < -0.4 is 5.76 Å². The maximum absolute atomic E-state index is 12.1. The van der Waals surface area contributed by atoms with Crippen LogP contribution in [0.3, 0.4) is 0 Å². The summed E-state index contributed by atoms with van der Waals surface area (Å²) >= 11 is 0. The fourth-order valence-electron chi connectivity index (χ4n) is 2.21. The molecule has 2 aromatic rings. The van der Waals surface area contributed by atoms with Gasteiger partial charge in [-0.3, -0.25) is 24.0 Å². The Morgan fingerprint density at radius 3 is 2.30 bits per heavy atom. The fraction of sp³-hybridized carbons (Fsp3) is 0.231. The smallest absolute Gasteiger partial charge is 0.296 e. The molecule has 2 amide bonds. The van der Waals surface area contributed by atoms with E-state index in [1.807, 2.05) is 0 Å². The van der Waals surface area contributed by atoms with Gasteiger partial charge in [0, 0.05) is 13.0 Å². The summed E-state index contributed by atoms with van der Waals surface area (Å²) in [6.45, 7) is 0.279. The SMILES string of the molecule is O=C1c2ccccc2C(=O)N1CCCc1noc(=O)[nH]1. The van der Waals surface area contributed by atoms with Crippen molar-refractivity contribution in [2.24, 2.45) is 0 Å². The third-order valence-corrected chi connectivity index (χ3v) is 3.16. The Labute approximate surface area is 113 Å². The van der Waals surface area contributed by atoms with E-state index in [2.05, 4.69) is 14.7 Å². The van der Waals surface area contributed by atoms with Crippen LogP contribution in [0.4, 0.5) is 0 Å². The Morgan fingerprint density at radius 2 is 1.75 bits per heavy atom. The summed E-state index contributed by atoms with van der Waals surface area (Å²) in [5, 5.41) is 3.53. The molecule has 1 aromatic heterocycles. The van der Waals surface area contributed by atoms with Gasteiger partial charge in [0.25, 0.3) is 11.8 Å². The van der Waals surface area contributed by atoms with Crippen LogP contribution in [-0.4, -0.2) is 33.4 Å². The van der Waals surface area contributed by atoms with Crippen molar-refractivity contribution >= 4 is 11.8 Å². The van der Waals surface area contributed by atoms with Gasteiger partial charge in [-0.05, 0) is 18.6 Å². The average molecular weight is 273 g/mol. The number of benzene rings is 1. The lowest BCUT2D eigenvalue weighted by atomic mass is 10.1. The number of carbonyl (C=O) groups excluding carboxylic acids is 2. The standard InChI is InChI=1S/C13H11N3O4/c17-11-8-4-1-2-5-9(8)12(18)16(11)7-3-6-10-14-13(19)20-15-10/h1-2,4-5H,3,6-7H2,(H,14,15,19). The minimum absolute atomic E-state index is 0.278. The zero-order valence-electron chi connectivity index (χ0n) is 10.5. The van der Waals surface area contributed by atoms with E-state index in [0.717, 1.165) is 0 Å². The van der Waals surface area contributed by atoms with Crippen molar-refractivity contribution < 1.29 is 14.1 Å². The summed E-state index contributed by atoms with van der Waals surface area (Å²) in [5.41, 5.74) is 0.875. The molecule has 102 valence electrons. The quantitative estimate of drug-likeness (QED) is 0.822. The maximum Gasteiger partial charge on any atom is 0.438 e. The van der Waals surface area contributed by atoms with Crippen molar-refractivity contribution in [3.8, 4) is 0 Å². The normalized spacial score (nSPS) is 13.9. The first-order valence-electron chi connectivity index (χ1n) is 6.17. The highest BCUT2D eigenvalue weighted by molar-refractivity contribution is 6.21. The van der Waals surface area contributed by atoms with E-state index >= 15 is 0 Å². The lowest BCUT2D eigenvalue weighted by molar-refractivity contribution is 0.0652. The van der Waals surface area contributed by atoms with Gasteiger partial charge in [-0.1, -0.05) is 17.3 Å². The van der Waals surface area contributed by atoms with E-state index in [4.69, 9.17) is 0 Å². The molecule has 0 unspecified atom stereocenters. The largest absolute Gasteiger partial charge is 0.438 e. The third-order valence-electron chi connectivity index (χ3n) is 3.16. The van der Waals surface area contributed by atoms with E-state index < -0.39 is 5.76 Å². The molecular formula is C13H11N3O4. The van der Waals surface area contributed by atoms with Gasteiger partial charge < -0.3 is 0 Å². The van der Waals surface area contributed by atoms with Crippen LogP contribution in [0, 0.1) is 0 Å². The molecule has 1 N–H and O–H groups in total. The predicted octanol–water partition coefficient (Wildman–Crippen LogP) is 0.592. The van der Waals surface area contributed by atoms with Crippen molar-refractivity contribution in [2.75, 3.05) is 6.54 Å². The van der Waals surface area contributed by atoms with Crippen molar-refractivity contribution in [2.45, 2.75) is 12.8 Å². The Balaban J connectivity index is 1.66. The second kappa shape index (κ2) is 4.76. The van der Waals surface area contributed by atoms with Crippen LogP contribution >= 0.6 is 0 Å². The molecule has 20 heavy (non-hydrogen) atoms. The van der Waals surface area contributed by atoms with Gasteiger partial charge in [0.15, 0.2) is 5.82 Å². The van der Waals surface area contributed by atoms with Gasteiger partial charge in [0.05, 0.1) is 11.1 Å². The number of nitrogens with one attached hydrogen (secondary N) is 1. The summed E-state index contributed by atoms with van der Waals surface area (Å²) in [4.78, 5) is 38.5. The fourth-order valence-corrected chi connectivity index (χ4v) is 2.21. The number of imide groups is 1. The Kier molecular flexibility index (Phi) is 2.94. The van der Waals surface area contributed by atoms with Gasteiger partial charge >= 0.3 is 5.76 Å². The lowest BCUT2D eigenvalue weighted by Gasteiger charge is -2.12. The van der Waals surface area contributed by atoms with Crippen LogP contribution in [0.1, 0.15) is 33.0 Å². The zero-order chi connectivity index (χ0) is 14.1. The maximum atomic E-state index is 12.1. The molecular weight excluding hydrogens is 262 g/mol. The second-order valence-corrected chi connectivity index (χ2v) is 4.45. The number of fused-ring (bicyclic) bond motifs is 1. The number of aromatic nitrogens is 2. The number of H-pyrrole nitrogens is 1. The van der Waals surface area contributed by atoms with Crippen LogP contribution in [0.25, 0.3) is 0 Å². The number of nitrogens with zero attached hydrogens (tertiary/aromatic N) is 2. The first-order chi connectivity index (χ1) is 9.66. The third kappa shape index (κ3) is 2.03. The van der Waals surface area contributed by atoms with Gasteiger partial charge in [-0.2, -0.15) is 0 Å². The Hall–Kier alpha value is -2.70. The zero-order valence-corrected chi connectivity index (χ0v) is 10.5. The van der Waals surface area contributed by atoms with Crippen molar-refractivity contribution in [1.82, 2.24) is 15.0 Å². The van der Waals surface area contributed by atoms with E-state index in [-0.39, 0.29) is 18.4 Å². The van der Waals surface area contributed by atoms with E-state index in [9.17, 15) is 14.4 Å². The molecule has 0 bridgehead atoms. The number of carbonyl (C=O) groups is 2. The Bertz CT molecular complexity index is 696. The summed E-state index contributed by atoms with van der Waals surface area (Å²) in [6, 6.07) is 6.75. The number of aromatic amines is 1. The number of hydrogen-bond acceptors (Lipinski definition) is 5. The molecule has 0 saturated heterocycles. The van der Waals surface area contributed by atoms with Gasteiger partial charge in [-0.15, -0.1) is 0 Å². The highest BCUT2D eigenvalue weighted by Crippen LogP contribution is 2.22. The molecule has 0 saturated carbocycles. The van der Waals surface area contributed by atoms with Crippen LogP contribution in [0.5, 0.6) is 0 Å². The van der Waals surface area contributed by atoms with Crippen LogP contribution in [0.15, 0.2) is 33.6 Å². The molecule has 0 aliphatic carbocycles. The molecule has 0 fully saturated rings. The monoisotopic (exact) mass is 273 g/mol. The van der Waals surface area contributed by atoms with Gasteiger partial charge in [-0.25, -0.2) is 4.79 Å².